The zero-order chi connectivity index (χ0) is 9.07. The molecule has 0 spiro atoms. The van der Waals surface area contributed by atoms with Gasteiger partial charge in [0.05, 0.1) is 0 Å². The zero-order valence-electron chi connectivity index (χ0n) is 6.88. The van der Waals surface area contributed by atoms with Crippen LogP contribution in [0.5, 0.6) is 0 Å². The molecular formula is C7H14KLiO4. The van der Waals surface area contributed by atoms with E-state index in [0.717, 1.165) is 0 Å². The van der Waals surface area contributed by atoms with Gasteiger partial charge in [0, 0.05) is 0 Å². The van der Waals surface area contributed by atoms with Crippen molar-refractivity contribution in [3.8, 4) is 0 Å². The Labute approximate surface area is 132 Å². The van der Waals surface area contributed by atoms with Crippen LogP contribution in [-0.2, 0) is 14.3 Å². The molecule has 0 saturated heterocycles. The summed E-state index contributed by atoms with van der Waals surface area (Å²) in [6, 6.07) is 0. The molecule has 0 aliphatic heterocycles. The maximum atomic E-state index is 10.7. The third-order valence-corrected chi connectivity index (χ3v) is 0.716. The predicted octanol–water partition coefficient (Wildman–Crippen LogP) is -0.494. The van der Waals surface area contributed by atoms with Gasteiger partial charge in [-0.3, -0.25) is 9.59 Å². The van der Waals surface area contributed by atoms with Crippen molar-refractivity contribution in [2.24, 2.45) is 0 Å². The number of carbonyl (C=O) groups is 2. The molecule has 0 bridgehead atoms. The van der Waals surface area contributed by atoms with Crippen LogP contribution in [0, 0.1) is 0 Å². The van der Waals surface area contributed by atoms with Gasteiger partial charge in [-0.15, -0.1) is 0 Å². The summed E-state index contributed by atoms with van der Waals surface area (Å²) < 4.78 is 4.73. The van der Waals surface area contributed by atoms with Gasteiger partial charge in [-0.2, -0.15) is 0 Å². The Morgan fingerprint density at radius 3 is 1.92 bits per heavy atom. The van der Waals surface area contributed by atoms with Crippen molar-refractivity contribution in [3.05, 3.63) is 0 Å². The fourth-order valence-electron chi connectivity index (χ4n) is 0.501. The van der Waals surface area contributed by atoms with E-state index in [0.29, 0.717) is 0 Å². The van der Waals surface area contributed by atoms with E-state index >= 15 is 0 Å². The number of hydrogen-bond acceptors (Lipinski definition) is 3. The molecule has 0 aromatic rings. The van der Waals surface area contributed by atoms with Crippen LogP contribution >= 0.6 is 0 Å². The van der Waals surface area contributed by atoms with Crippen molar-refractivity contribution in [2.75, 3.05) is 0 Å². The van der Waals surface area contributed by atoms with E-state index in [1.54, 1.807) is 20.8 Å². The molecular weight excluding hydrogens is 194 g/mol. The summed E-state index contributed by atoms with van der Waals surface area (Å²) in [6.07, 6.45) is -0.572. The van der Waals surface area contributed by atoms with Crippen LogP contribution in [0.1, 0.15) is 27.2 Å². The van der Waals surface area contributed by atoms with Gasteiger partial charge in [0.2, 0.25) is 0 Å². The molecule has 0 aliphatic rings. The van der Waals surface area contributed by atoms with Gasteiger partial charge in [0.15, 0.2) is 0 Å². The first kappa shape index (κ1) is 19.7. The molecule has 1 N–H and O–H groups in total. The fourth-order valence-corrected chi connectivity index (χ4v) is 0.501. The quantitative estimate of drug-likeness (QED) is 0.378. The Bertz CT molecular complexity index is 176. The second-order valence-corrected chi connectivity index (χ2v) is 3.16. The minimum atomic E-state index is -1.17. The van der Waals surface area contributed by atoms with Crippen LogP contribution in [-0.4, -0.2) is 92.9 Å². The van der Waals surface area contributed by atoms with Crippen molar-refractivity contribution < 1.29 is 19.4 Å². The summed E-state index contributed by atoms with van der Waals surface area (Å²) in [6.45, 7) is 5.06. The number of rotatable bonds is 2. The van der Waals surface area contributed by atoms with Crippen LogP contribution in [0.3, 0.4) is 0 Å². The number of carboxylic acids is 1. The number of esters is 1. The van der Waals surface area contributed by atoms with Gasteiger partial charge >= 0.3 is 82.2 Å². The number of carboxylic acid groups (broad SMARTS) is 1. The Morgan fingerprint density at radius 2 is 1.69 bits per heavy atom. The molecule has 0 saturated carbocycles. The van der Waals surface area contributed by atoms with Crippen molar-refractivity contribution >= 4 is 82.2 Å². The molecule has 0 fully saturated rings. The van der Waals surface area contributed by atoms with Crippen molar-refractivity contribution in [3.63, 3.8) is 0 Å². The predicted molar refractivity (Wildman–Crippen MR) is 52.4 cm³/mol. The normalized spacial score (nSPS) is 9.15. The zero-order valence-corrected chi connectivity index (χ0v) is 6.88. The first-order valence-corrected chi connectivity index (χ1v) is 3.25. The van der Waals surface area contributed by atoms with Crippen LogP contribution in [0.2, 0.25) is 0 Å². The average Bonchev–Trinajstić information content (AvgIpc) is 1.53. The summed E-state index contributed by atoms with van der Waals surface area (Å²) >= 11 is 0. The second kappa shape index (κ2) is 8.48. The summed E-state index contributed by atoms with van der Waals surface area (Å²) in [4.78, 5) is 20.7. The molecule has 0 aromatic heterocycles. The molecule has 0 aromatic carbocycles. The molecule has 0 rings (SSSR count). The van der Waals surface area contributed by atoms with Crippen molar-refractivity contribution in [2.45, 2.75) is 32.8 Å². The van der Waals surface area contributed by atoms with E-state index in [1.807, 2.05) is 0 Å². The second-order valence-electron chi connectivity index (χ2n) is 3.16. The molecule has 0 heterocycles. The summed E-state index contributed by atoms with van der Waals surface area (Å²) in [5.74, 6) is -1.87. The SMILES string of the molecule is CC(C)(C)OC(=O)CC(=O)O.[KH].[LiH]. The maximum absolute atomic E-state index is 10.7. The van der Waals surface area contributed by atoms with Gasteiger partial charge in [0.25, 0.3) is 0 Å². The van der Waals surface area contributed by atoms with Gasteiger partial charge in [0.1, 0.15) is 12.0 Å². The van der Waals surface area contributed by atoms with Gasteiger partial charge in [-0.05, 0) is 20.8 Å². The Balaban J connectivity index is -0.000000500. The van der Waals surface area contributed by atoms with Crippen molar-refractivity contribution in [1.82, 2.24) is 0 Å². The average molecular weight is 208 g/mol. The first-order chi connectivity index (χ1) is 4.81. The number of ether oxygens (including phenoxy) is 1. The van der Waals surface area contributed by atoms with E-state index in [1.165, 1.54) is 0 Å². The van der Waals surface area contributed by atoms with E-state index in [9.17, 15) is 9.59 Å². The topological polar surface area (TPSA) is 63.6 Å². The number of carbonyl (C=O) groups excluding carboxylic acids is 1. The first-order valence-electron chi connectivity index (χ1n) is 3.25. The number of hydrogen-bond donors (Lipinski definition) is 1. The molecule has 0 radical (unpaired) electrons. The third kappa shape index (κ3) is 15.9. The number of aliphatic carboxylic acids is 1. The third-order valence-electron chi connectivity index (χ3n) is 0.716. The molecule has 13 heavy (non-hydrogen) atoms. The molecule has 0 atom stereocenters. The van der Waals surface area contributed by atoms with Gasteiger partial charge < -0.3 is 9.84 Å². The monoisotopic (exact) mass is 208 g/mol. The van der Waals surface area contributed by atoms with Crippen LogP contribution in [0.4, 0.5) is 0 Å². The van der Waals surface area contributed by atoms with E-state index in [4.69, 9.17) is 9.84 Å². The molecule has 0 aliphatic carbocycles. The van der Waals surface area contributed by atoms with Crippen molar-refractivity contribution in [1.29, 1.82) is 0 Å². The van der Waals surface area contributed by atoms with Crippen LogP contribution in [0.15, 0.2) is 0 Å². The van der Waals surface area contributed by atoms with E-state index in [2.05, 4.69) is 0 Å². The Kier molecular flexibility index (Phi) is 12.9. The summed E-state index contributed by atoms with van der Waals surface area (Å²) in [7, 11) is 0. The minimum absolute atomic E-state index is 0. The van der Waals surface area contributed by atoms with Crippen LogP contribution < -0.4 is 0 Å². The van der Waals surface area contributed by atoms with Gasteiger partial charge in [-0.1, -0.05) is 0 Å². The van der Waals surface area contributed by atoms with E-state index in [-0.39, 0.29) is 70.2 Å². The molecule has 0 amide bonds. The molecule has 6 heteroatoms. The Hall–Kier alpha value is 1.17. The fraction of sp³-hybridized carbons (Fsp3) is 0.714. The Morgan fingerprint density at radius 1 is 1.31 bits per heavy atom. The van der Waals surface area contributed by atoms with Gasteiger partial charge in [-0.25, -0.2) is 0 Å². The summed E-state index contributed by atoms with van der Waals surface area (Å²) in [5, 5.41) is 8.18. The molecule has 0 unspecified atom stereocenters. The standard InChI is InChI=1S/C7H12O4.K.Li.2H/c1-7(2,3)11-6(10)4-5(8)9;;;;/h4H2,1-3H3,(H,8,9);;;;. The van der Waals surface area contributed by atoms with Crippen LogP contribution in [0.25, 0.3) is 0 Å². The van der Waals surface area contributed by atoms with E-state index < -0.39 is 24.0 Å². The molecule has 68 valence electrons. The molecule has 4 nitrogen and oxygen atoms in total. The summed E-state index contributed by atoms with van der Waals surface area (Å²) in [5.41, 5.74) is -0.605.